The van der Waals surface area contributed by atoms with Crippen LogP contribution in [0.4, 0.5) is 9.18 Å². The van der Waals surface area contributed by atoms with Crippen LogP contribution in [0.2, 0.25) is 0 Å². The number of amides is 2. The quantitative estimate of drug-likeness (QED) is 0.625. The molecule has 2 N–H and O–H groups in total. The molecule has 0 aliphatic carbocycles. The minimum atomic E-state index is -0.825. The van der Waals surface area contributed by atoms with E-state index in [1.165, 1.54) is 37.4 Å². The van der Waals surface area contributed by atoms with Crippen LogP contribution in [-0.2, 0) is 16.1 Å². The molecule has 130 valence electrons. The van der Waals surface area contributed by atoms with Crippen molar-refractivity contribution in [1.82, 2.24) is 10.7 Å². The van der Waals surface area contributed by atoms with E-state index in [1.54, 1.807) is 0 Å². The van der Waals surface area contributed by atoms with Crippen molar-refractivity contribution in [1.29, 1.82) is 0 Å². The summed E-state index contributed by atoms with van der Waals surface area (Å²) >= 11 is 0. The summed E-state index contributed by atoms with van der Waals surface area (Å²) in [7, 11) is 0. The zero-order valence-corrected chi connectivity index (χ0v) is 13.6. The number of benzene rings is 2. The summed E-state index contributed by atoms with van der Waals surface area (Å²) in [4.78, 5) is 23.5. The summed E-state index contributed by atoms with van der Waals surface area (Å²) in [5.74, 6) is -0.858. The summed E-state index contributed by atoms with van der Waals surface area (Å²) in [6.07, 6.45) is 0.673. The highest BCUT2D eigenvalue weighted by atomic mass is 19.1. The lowest BCUT2D eigenvalue weighted by Crippen LogP contribution is -2.43. The molecule has 0 fully saturated rings. The number of carbonyl (C=O) groups excluding carboxylic acids is 2. The first-order chi connectivity index (χ1) is 12.0. The standard InChI is InChI=1S/C18H18FN3O3/c1-13(21-18(24)25-12-15-5-3-2-4-6-15)17(23)22-20-11-14-7-9-16(19)10-8-14/h2-11,13H,12H2,1H3,(H,21,24)(H,22,23)/b20-11+. The molecule has 2 aromatic carbocycles. The van der Waals surface area contributed by atoms with Gasteiger partial charge in [0.15, 0.2) is 0 Å². The SMILES string of the molecule is CC(NC(=O)OCc1ccccc1)C(=O)N/N=C/c1ccc(F)cc1. The van der Waals surface area contributed by atoms with Crippen molar-refractivity contribution < 1.29 is 18.7 Å². The molecule has 0 aliphatic rings. The average molecular weight is 343 g/mol. The number of halogens is 1. The Labute approximate surface area is 144 Å². The highest BCUT2D eigenvalue weighted by Crippen LogP contribution is 2.01. The first kappa shape index (κ1) is 18.1. The molecule has 2 rings (SSSR count). The molecule has 6 nitrogen and oxygen atoms in total. The van der Waals surface area contributed by atoms with Crippen molar-refractivity contribution in [3.63, 3.8) is 0 Å². The Hall–Kier alpha value is -3.22. The fourth-order valence-electron chi connectivity index (χ4n) is 1.82. The van der Waals surface area contributed by atoms with E-state index < -0.39 is 18.0 Å². The Bertz CT molecular complexity index is 733. The molecule has 0 saturated heterocycles. The van der Waals surface area contributed by atoms with Crippen LogP contribution in [0.5, 0.6) is 0 Å². The van der Waals surface area contributed by atoms with Gasteiger partial charge in [-0.05, 0) is 30.2 Å². The third-order valence-corrected chi connectivity index (χ3v) is 3.20. The third kappa shape index (κ3) is 6.42. The van der Waals surface area contributed by atoms with Gasteiger partial charge in [-0.15, -0.1) is 0 Å². The summed E-state index contributed by atoms with van der Waals surface area (Å²) in [5.41, 5.74) is 3.77. The lowest BCUT2D eigenvalue weighted by Gasteiger charge is -2.12. The monoisotopic (exact) mass is 343 g/mol. The molecule has 0 aliphatic heterocycles. The normalized spacial score (nSPS) is 11.8. The van der Waals surface area contributed by atoms with Gasteiger partial charge in [0.25, 0.3) is 5.91 Å². The van der Waals surface area contributed by atoms with Crippen molar-refractivity contribution in [2.24, 2.45) is 5.10 Å². The van der Waals surface area contributed by atoms with Crippen LogP contribution in [0.3, 0.4) is 0 Å². The second-order valence-corrected chi connectivity index (χ2v) is 5.21. The first-order valence-corrected chi connectivity index (χ1v) is 7.60. The lowest BCUT2D eigenvalue weighted by atomic mass is 10.2. The van der Waals surface area contributed by atoms with E-state index in [9.17, 15) is 14.0 Å². The first-order valence-electron chi connectivity index (χ1n) is 7.60. The van der Waals surface area contributed by atoms with Gasteiger partial charge in [0.1, 0.15) is 18.5 Å². The van der Waals surface area contributed by atoms with E-state index >= 15 is 0 Å². The molecule has 0 bridgehead atoms. The van der Waals surface area contributed by atoms with Gasteiger partial charge in [-0.1, -0.05) is 42.5 Å². The number of nitrogens with zero attached hydrogens (tertiary/aromatic N) is 1. The largest absolute Gasteiger partial charge is 0.445 e. The molecule has 2 amide bonds. The van der Waals surface area contributed by atoms with Crippen LogP contribution in [0.25, 0.3) is 0 Å². The number of hydrogen-bond acceptors (Lipinski definition) is 4. The summed E-state index contributed by atoms with van der Waals surface area (Å²) < 4.78 is 17.8. The summed E-state index contributed by atoms with van der Waals surface area (Å²) in [6, 6.07) is 14.0. The van der Waals surface area contributed by atoms with Crippen LogP contribution in [0.1, 0.15) is 18.1 Å². The molecule has 2 aromatic rings. The number of alkyl carbamates (subject to hydrolysis) is 1. The summed E-state index contributed by atoms with van der Waals surface area (Å²) in [6.45, 7) is 1.62. The third-order valence-electron chi connectivity index (χ3n) is 3.20. The van der Waals surface area contributed by atoms with Crippen LogP contribution >= 0.6 is 0 Å². The zero-order chi connectivity index (χ0) is 18.1. The van der Waals surface area contributed by atoms with Gasteiger partial charge in [0, 0.05) is 0 Å². The maximum Gasteiger partial charge on any atom is 0.408 e. The molecule has 0 radical (unpaired) electrons. The van der Waals surface area contributed by atoms with Gasteiger partial charge in [-0.25, -0.2) is 14.6 Å². The Morgan fingerprint density at radius 2 is 1.84 bits per heavy atom. The number of hydrogen-bond donors (Lipinski definition) is 2. The highest BCUT2D eigenvalue weighted by molar-refractivity contribution is 5.86. The molecular weight excluding hydrogens is 325 g/mol. The maximum atomic E-state index is 12.8. The minimum absolute atomic E-state index is 0.115. The van der Waals surface area contributed by atoms with Crippen molar-refractivity contribution in [2.45, 2.75) is 19.6 Å². The molecule has 1 atom stereocenters. The molecule has 0 saturated carbocycles. The fourth-order valence-corrected chi connectivity index (χ4v) is 1.82. The van der Waals surface area contributed by atoms with Crippen LogP contribution in [0.15, 0.2) is 59.7 Å². The van der Waals surface area contributed by atoms with Crippen molar-refractivity contribution in [3.05, 3.63) is 71.5 Å². The molecule has 25 heavy (non-hydrogen) atoms. The molecule has 0 spiro atoms. The van der Waals surface area contributed by atoms with Gasteiger partial charge in [0.05, 0.1) is 6.21 Å². The van der Waals surface area contributed by atoms with Crippen molar-refractivity contribution >= 4 is 18.2 Å². The van der Waals surface area contributed by atoms with E-state index in [1.807, 2.05) is 30.3 Å². The number of carbonyl (C=O) groups is 2. The van der Waals surface area contributed by atoms with Crippen LogP contribution in [-0.4, -0.2) is 24.3 Å². The van der Waals surface area contributed by atoms with Gasteiger partial charge in [-0.2, -0.15) is 5.10 Å². The molecule has 0 aromatic heterocycles. The van der Waals surface area contributed by atoms with Gasteiger partial charge >= 0.3 is 6.09 Å². The van der Waals surface area contributed by atoms with E-state index in [0.717, 1.165) is 5.56 Å². The Morgan fingerprint density at radius 1 is 1.16 bits per heavy atom. The van der Waals surface area contributed by atoms with Crippen molar-refractivity contribution in [2.75, 3.05) is 0 Å². The van der Waals surface area contributed by atoms with Crippen LogP contribution in [0, 0.1) is 5.82 Å². The second-order valence-electron chi connectivity index (χ2n) is 5.21. The zero-order valence-electron chi connectivity index (χ0n) is 13.6. The van der Waals surface area contributed by atoms with E-state index in [-0.39, 0.29) is 12.4 Å². The molecular formula is C18H18FN3O3. The molecule has 7 heteroatoms. The predicted molar refractivity (Wildman–Crippen MR) is 91.4 cm³/mol. The Balaban J connectivity index is 1.73. The Kier molecular flexibility index (Phi) is 6.65. The molecule has 1 unspecified atom stereocenters. The highest BCUT2D eigenvalue weighted by Gasteiger charge is 2.15. The topological polar surface area (TPSA) is 79.8 Å². The van der Waals surface area contributed by atoms with E-state index in [4.69, 9.17) is 4.74 Å². The molecule has 0 heterocycles. The van der Waals surface area contributed by atoms with Gasteiger partial charge in [-0.3, -0.25) is 4.79 Å². The van der Waals surface area contributed by atoms with E-state index in [2.05, 4.69) is 15.8 Å². The number of hydrazone groups is 1. The number of rotatable bonds is 6. The lowest BCUT2D eigenvalue weighted by molar-refractivity contribution is -0.122. The smallest absolute Gasteiger partial charge is 0.408 e. The second kappa shape index (κ2) is 9.17. The average Bonchev–Trinajstić information content (AvgIpc) is 2.62. The summed E-state index contributed by atoms with van der Waals surface area (Å²) in [5, 5.41) is 6.16. The fraction of sp³-hybridized carbons (Fsp3) is 0.167. The van der Waals surface area contributed by atoms with E-state index in [0.29, 0.717) is 5.56 Å². The maximum absolute atomic E-state index is 12.8. The van der Waals surface area contributed by atoms with Crippen molar-refractivity contribution in [3.8, 4) is 0 Å². The number of nitrogens with one attached hydrogen (secondary N) is 2. The Morgan fingerprint density at radius 3 is 2.52 bits per heavy atom. The van der Waals surface area contributed by atoms with Crippen LogP contribution < -0.4 is 10.7 Å². The van der Waals surface area contributed by atoms with Gasteiger partial charge in [0.2, 0.25) is 0 Å². The predicted octanol–water partition coefficient (Wildman–Crippen LogP) is 2.59. The minimum Gasteiger partial charge on any atom is -0.445 e. The number of ether oxygens (including phenoxy) is 1. The van der Waals surface area contributed by atoms with Gasteiger partial charge < -0.3 is 10.1 Å².